The minimum Gasteiger partial charge on any atom is -0.481 e. The molecule has 0 aromatic carbocycles. The van der Waals surface area contributed by atoms with Gasteiger partial charge < -0.3 is 14.9 Å². The topological polar surface area (TPSA) is 60.9 Å². The third kappa shape index (κ3) is 3.37. The second-order valence-corrected chi connectivity index (χ2v) is 6.84. The highest BCUT2D eigenvalue weighted by Gasteiger charge is 2.39. The van der Waals surface area contributed by atoms with Crippen LogP contribution in [0.3, 0.4) is 0 Å². The number of carboxylic acids is 1. The Morgan fingerprint density at radius 3 is 2.81 bits per heavy atom. The highest BCUT2D eigenvalue weighted by molar-refractivity contribution is 7.09. The van der Waals surface area contributed by atoms with Gasteiger partial charge in [0.2, 0.25) is 0 Å². The van der Waals surface area contributed by atoms with E-state index in [2.05, 4.69) is 0 Å². The predicted molar refractivity (Wildman–Crippen MR) is 80.3 cm³/mol. The van der Waals surface area contributed by atoms with Gasteiger partial charge in [0.05, 0.1) is 13.0 Å². The Morgan fingerprint density at radius 1 is 1.38 bits per heavy atom. The zero-order valence-corrected chi connectivity index (χ0v) is 12.7. The van der Waals surface area contributed by atoms with E-state index in [1.54, 1.807) is 16.2 Å². The van der Waals surface area contributed by atoms with E-state index >= 15 is 0 Å². The van der Waals surface area contributed by atoms with Crippen LogP contribution in [0.25, 0.3) is 0 Å². The van der Waals surface area contributed by atoms with Gasteiger partial charge in [-0.3, -0.25) is 4.79 Å². The smallest absolute Gasteiger partial charge is 0.320 e. The number of carbonyl (C=O) groups excluding carboxylic acids is 1. The first kappa shape index (κ1) is 14.4. The monoisotopic (exact) mass is 308 g/mol. The van der Waals surface area contributed by atoms with Crippen LogP contribution in [0.1, 0.15) is 37.0 Å². The second-order valence-electron chi connectivity index (χ2n) is 5.81. The van der Waals surface area contributed by atoms with E-state index in [0.29, 0.717) is 19.1 Å². The van der Waals surface area contributed by atoms with Gasteiger partial charge in [-0.15, -0.1) is 11.3 Å². The van der Waals surface area contributed by atoms with Gasteiger partial charge in [0.25, 0.3) is 0 Å². The predicted octanol–water partition coefficient (Wildman–Crippen LogP) is 2.77. The van der Waals surface area contributed by atoms with Gasteiger partial charge in [0, 0.05) is 23.5 Å². The van der Waals surface area contributed by atoms with Crippen LogP contribution in [0, 0.1) is 0 Å². The molecule has 2 heterocycles. The lowest BCUT2D eigenvalue weighted by Crippen LogP contribution is -2.46. The van der Waals surface area contributed by atoms with E-state index in [4.69, 9.17) is 5.11 Å². The maximum atomic E-state index is 12.8. The largest absolute Gasteiger partial charge is 0.481 e. The molecule has 1 saturated carbocycles. The van der Waals surface area contributed by atoms with E-state index < -0.39 is 5.97 Å². The molecule has 1 unspecified atom stereocenters. The summed E-state index contributed by atoms with van der Waals surface area (Å²) in [6.07, 6.45) is 3.89. The van der Waals surface area contributed by atoms with Crippen molar-refractivity contribution in [3.05, 3.63) is 22.4 Å². The van der Waals surface area contributed by atoms with E-state index in [9.17, 15) is 9.59 Å². The molecule has 2 fully saturated rings. The second kappa shape index (κ2) is 6.05. The maximum Gasteiger partial charge on any atom is 0.320 e. The number of carboxylic acid groups (broad SMARTS) is 1. The molecule has 1 saturated heterocycles. The van der Waals surface area contributed by atoms with Crippen molar-refractivity contribution in [2.45, 2.75) is 50.7 Å². The summed E-state index contributed by atoms with van der Waals surface area (Å²) in [5, 5.41) is 11.0. The van der Waals surface area contributed by atoms with Crippen molar-refractivity contribution in [1.82, 2.24) is 9.80 Å². The van der Waals surface area contributed by atoms with Crippen LogP contribution in [-0.4, -0.2) is 45.5 Å². The van der Waals surface area contributed by atoms with E-state index in [1.807, 2.05) is 22.4 Å². The van der Waals surface area contributed by atoms with Crippen LogP contribution in [0.5, 0.6) is 0 Å². The number of likely N-dealkylation sites (tertiary alicyclic amines) is 1. The molecule has 21 heavy (non-hydrogen) atoms. The Bertz CT molecular complexity index is 513. The molecular formula is C15H20N2O3S. The first-order chi connectivity index (χ1) is 10.1. The number of urea groups is 1. The molecule has 2 amide bonds. The lowest BCUT2D eigenvalue weighted by Gasteiger charge is -2.31. The normalized spacial score (nSPS) is 21.5. The van der Waals surface area contributed by atoms with Crippen LogP contribution in [0.4, 0.5) is 4.79 Å². The van der Waals surface area contributed by atoms with Crippen LogP contribution < -0.4 is 0 Å². The number of aliphatic carboxylic acids is 1. The summed E-state index contributed by atoms with van der Waals surface area (Å²) in [6.45, 7) is 1.34. The number of hydrogen-bond acceptors (Lipinski definition) is 3. The SMILES string of the molecule is O=C(O)CC1CCCN1C(=O)N(Cc1cccs1)C1CC1. The Morgan fingerprint density at radius 2 is 2.19 bits per heavy atom. The first-order valence-corrected chi connectivity index (χ1v) is 8.34. The van der Waals surface area contributed by atoms with E-state index in [1.165, 1.54) is 4.88 Å². The van der Waals surface area contributed by atoms with E-state index in [0.717, 1.165) is 25.7 Å². The van der Waals surface area contributed by atoms with Gasteiger partial charge in [-0.2, -0.15) is 0 Å². The standard InChI is InChI=1S/C15H20N2O3S/c18-14(19)9-12-3-1-7-16(12)15(20)17(11-5-6-11)10-13-4-2-8-21-13/h2,4,8,11-12H,1,3,5-7,9-10H2,(H,18,19). The quantitative estimate of drug-likeness (QED) is 0.910. The maximum absolute atomic E-state index is 12.8. The molecule has 114 valence electrons. The Labute approximate surface area is 128 Å². The van der Waals surface area contributed by atoms with Crippen LogP contribution in [0.15, 0.2) is 17.5 Å². The van der Waals surface area contributed by atoms with E-state index in [-0.39, 0.29) is 18.5 Å². The molecule has 1 aliphatic heterocycles. The molecular weight excluding hydrogens is 288 g/mol. The third-order valence-corrected chi connectivity index (χ3v) is 5.03. The van der Waals surface area contributed by atoms with Crippen molar-refractivity contribution in [2.24, 2.45) is 0 Å². The molecule has 3 rings (SSSR count). The minimum atomic E-state index is -0.823. The Kier molecular flexibility index (Phi) is 4.14. The van der Waals surface area contributed by atoms with Gasteiger partial charge in [-0.05, 0) is 37.1 Å². The fourth-order valence-corrected chi connectivity index (χ4v) is 3.68. The van der Waals surface area contributed by atoms with Crippen molar-refractivity contribution in [2.75, 3.05) is 6.54 Å². The number of rotatable bonds is 5. The molecule has 0 spiro atoms. The molecule has 1 N–H and O–H groups in total. The van der Waals surface area contributed by atoms with Gasteiger partial charge in [0.15, 0.2) is 0 Å². The van der Waals surface area contributed by atoms with Crippen LogP contribution in [-0.2, 0) is 11.3 Å². The van der Waals surface area contributed by atoms with Crippen LogP contribution in [0.2, 0.25) is 0 Å². The molecule has 6 heteroatoms. The third-order valence-electron chi connectivity index (χ3n) is 4.17. The Balaban J connectivity index is 1.70. The number of hydrogen-bond donors (Lipinski definition) is 1. The molecule has 5 nitrogen and oxygen atoms in total. The summed E-state index contributed by atoms with van der Waals surface area (Å²) >= 11 is 1.66. The first-order valence-electron chi connectivity index (χ1n) is 7.46. The number of nitrogens with zero attached hydrogens (tertiary/aromatic N) is 2. The fourth-order valence-electron chi connectivity index (χ4n) is 2.98. The minimum absolute atomic E-state index is 0.0228. The molecule has 1 aromatic heterocycles. The van der Waals surface area contributed by atoms with Crippen LogP contribution >= 0.6 is 11.3 Å². The average molecular weight is 308 g/mol. The lowest BCUT2D eigenvalue weighted by atomic mass is 10.1. The zero-order chi connectivity index (χ0) is 14.8. The molecule has 1 aromatic rings. The number of carbonyl (C=O) groups is 2. The molecule has 2 aliphatic rings. The Hall–Kier alpha value is -1.56. The molecule has 0 bridgehead atoms. The van der Waals surface area contributed by atoms with Gasteiger partial charge >= 0.3 is 12.0 Å². The average Bonchev–Trinajstić information content (AvgIpc) is 2.97. The van der Waals surface area contributed by atoms with Crippen molar-refractivity contribution < 1.29 is 14.7 Å². The zero-order valence-electron chi connectivity index (χ0n) is 11.9. The summed E-state index contributed by atoms with van der Waals surface area (Å²) < 4.78 is 0. The molecule has 1 atom stereocenters. The summed E-state index contributed by atoms with van der Waals surface area (Å²) in [7, 11) is 0. The van der Waals surface area contributed by atoms with Crippen molar-refractivity contribution >= 4 is 23.3 Å². The fraction of sp³-hybridized carbons (Fsp3) is 0.600. The molecule has 0 radical (unpaired) electrons. The van der Waals surface area contributed by atoms with Gasteiger partial charge in [-0.25, -0.2) is 4.79 Å². The van der Waals surface area contributed by atoms with Crippen molar-refractivity contribution in [1.29, 1.82) is 0 Å². The van der Waals surface area contributed by atoms with Gasteiger partial charge in [0.1, 0.15) is 0 Å². The van der Waals surface area contributed by atoms with Crippen molar-refractivity contribution in [3.8, 4) is 0 Å². The number of thiophene rings is 1. The highest BCUT2D eigenvalue weighted by atomic mass is 32.1. The molecule has 1 aliphatic carbocycles. The van der Waals surface area contributed by atoms with Gasteiger partial charge in [-0.1, -0.05) is 6.07 Å². The summed E-state index contributed by atoms with van der Waals surface area (Å²) in [5.41, 5.74) is 0. The van der Waals surface area contributed by atoms with Crippen molar-refractivity contribution in [3.63, 3.8) is 0 Å². The summed E-state index contributed by atoms with van der Waals surface area (Å²) in [6, 6.07) is 4.27. The summed E-state index contributed by atoms with van der Waals surface area (Å²) in [4.78, 5) is 28.7. The lowest BCUT2D eigenvalue weighted by molar-refractivity contribution is -0.138. The summed E-state index contributed by atoms with van der Waals surface area (Å²) in [5.74, 6) is -0.823. The number of amides is 2. The highest BCUT2D eigenvalue weighted by Crippen LogP contribution is 2.32.